The summed E-state index contributed by atoms with van der Waals surface area (Å²) in [4.78, 5) is 35.4. The van der Waals surface area contributed by atoms with E-state index in [1.807, 2.05) is 12.1 Å². The number of carbonyl (C=O) groups is 3. The molecule has 1 aromatic rings. The Labute approximate surface area is 116 Å². The minimum absolute atomic E-state index is 0.000995. The van der Waals surface area contributed by atoms with Gasteiger partial charge in [-0.05, 0) is 17.7 Å². The van der Waals surface area contributed by atoms with E-state index in [-0.39, 0.29) is 31.3 Å². The monoisotopic (exact) mass is 276 g/mol. The van der Waals surface area contributed by atoms with Crippen LogP contribution >= 0.6 is 0 Å². The molecule has 106 valence electrons. The van der Waals surface area contributed by atoms with Gasteiger partial charge in [0.15, 0.2) is 0 Å². The summed E-state index contributed by atoms with van der Waals surface area (Å²) in [6.45, 7) is 0.527. The largest absolute Gasteiger partial charge is 0.329 e. The van der Waals surface area contributed by atoms with Crippen LogP contribution in [0.2, 0.25) is 0 Å². The van der Waals surface area contributed by atoms with E-state index in [1.165, 1.54) is 0 Å². The van der Waals surface area contributed by atoms with Crippen molar-refractivity contribution in [3.05, 3.63) is 29.8 Å². The van der Waals surface area contributed by atoms with Gasteiger partial charge in [0.2, 0.25) is 11.8 Å². The van der Waals surface area contributed by atoms with Crippen molar-refractivity contribution in [2.24, 2.45) is 5.73 Å². The van der Waals surface area contributed by atoms with E-state index in [9.17, 15) is 14.4 Å². The second kappa shape index (κ2) is 6.16. The minimum atomic E-state index is -0.449. The van der Waals surface area contributed by atoms with Crippen LogP contribution in [-0.4, -0.2) is 35.8 Å². The van der Waals surface area contributed by atoms with Crippen LogP contribution in [0.25, 0.3) is 0 Å². The molecule has 0 unspecified atom stereocenters. The van der Waals surface area contributed by atoms with E-state index in [0.717, 1.165) is 10.5 Å². The standard InChI is InChI=1S/C13H16N4O3/c14-7-9-1-3-10(4-2-9)16-11(18)5-6-17-12(19)8-15-13(17)20/h1-4H,5-8,14H2,(H,15,20)(H,16,18). The Hall–Kier alpha value is -2.41. The third kappa shape index (κ3) is 3.33. The van der Waals surface area contributed by atoms with Crippen LogP contribution in [0, 0.1) is 0 Å². The Morgan fingerprint density at radius 3 is 2.55 bits per heavy atom. The molecule has 1 saturated heterocycles. The van der Waals surface area contributed by atoms with Gasteiger partial charge in [-0.15, -0.1) is 0 Å². The molecule has 4 N–H and O–H groups in total. The minimum Gasteiger partial charge on any atom is -0.329 e. The predicted molar refractivity (Wildman–Crippen MR) is 72.7 cm³/mol. The van der Waals surface area contributed by atoms with Gasteiger partial charge in [-0.1, -0.05) is 12.1 Å². The Balaban J connectivity index is 1.83. The van der Waals surface area contributed by atoms with E-state index in [4.69, 9.17) is 5.73 Å². The van der Waals surface area contributed by atoms with Crippen molar-refractivity contribution in [1.29, 1.82) is 0 Å². The number of rotatable bonds is 5. The summed E-state index contributed by atoms with van der Waals surface area (Å²) in [5, 5.41) is 5.10. The number of benzene rings is 1. The summed E-state index contributed by atoms with van der Waals surface area (Å²) in [6.07, 6.45) is 0.0673. The molecule has 0 bridgehead atoms. The van der Waals surface area contributed by atoms with Crippen LogP contribution in [0.3, 0.4) is 0 Å². The number of carbonyl (C=O) groups excluding carboxylic acids is 3. The van der Waals surface area contributed by atoms with Crippen LogP contribution in [0.15, 0.2) is 24.3 Å². The van der Waals surface area contributed by atoms with Crippen LogP contribution in [0.5, 0.6) is 0 Å². The molecule has 0 aromatic heterocycles. The second-order valence-corrected chi connectivity index (χ2v) is 4.40. The van der Waals surface area contributed by atoms with Gasteiger partial charge in [0, 0.05) is 25.2 Å². The van der Waals surface area contributed by atoms with E-state index in [2.05, 4.69) is 10.6 Å². The lowest BCUT2D eigenvalue weighted by Gasteiger charge is -2.12. The number of anilines is 1. The first kappa shape index (κ1) is 14.0. The zero-order valence-electron chi connectivity index (χ0n) is 10.9. The molecule has 7 nitrogen and oxygen atoms in total. The van der Waals surface area contributed by atoms with E-state index in [1.54, 1.807) is 12.1 Å². The van der Waals surface area contributed by atoms with Crippen LogP contribution in [-0.2, 0) is 16.1 Å². The van der Waals surface area contributed by atoms with Crippen molar-refractivity contribution in [3.8, 4) is 0 Å². The number of imide groups is 1. The van der Waals surface area contributed by atoms with E-state index in [0.29, 0.717) is 12.2 Å². The summed E-state index contributed by atoms with van der Waals surface area (Å²) in [5.74, 6) is -0.562. The Morgan fingerprint density at radius 2 is 2.00 bits per heavy atom. The molecule has 1 aromatic carbocycles. The number of nitrogens with one attached hydrogen (secondary N) is 2. The number of urea groups is 1. The SMILES string of the molecule is NCc1ccc(NC(=O)CCN2C(=O)CNC2=O)cc1. The molecular weight excluding hydrogens is 260 g/mol. The molecule has 1 aliphatic heterocycles. The Bertz CT molecular complexity index is 511. The third-order valence-electron chi connectivity index (χ3n) is 2.97. The molecule has 0 atom stereocenters. The first-order valence-electron chi connectivity index (χ1n) is 6.27. The summed E-state index contributed by atoms with van der Waals surface area (Å²) < 4.78 is 0. The van der Waals surface area contributed by atoms with Gasteiger partial charge in [0.25, 0.3) is 0 Å². The molecule has 0 radical (unpaired) electrons. The molecule has 0 aliphatic carbocycles. The Morgan fingerprint density at radius 1 is 1.30 bits per heavy atom. The fraction of sp³-hybridized carbons (Fsp3) is 0.308. The highest BCUT2D eigenvalue weighted by Gasteiger charge is 2.28. The van der Waals surface area contributed by atoms with Gasteiger partial charge >= 0.3 is 6.03 Å². The molecule has 1 aliphatic rings. The molecule has 4 amide bonds. The number of nitrogens with two attached hydrogens (primary N) is 1. The summed E-state index contributed by atoms with van der Waals surface area (Å²) >= 11 is 0. The van der Waals surface area contributed by atoms with Crippen molar-refractivity contribution in [3.63, 3.8) is 0 Å². The fourth-order valence-corrected chi connectivity index (χ4v) is 1.84. The number of hydrogen-bond donors (Lipinski definition) is 3. The van der Waals surface area contributed by atoms with E-state index < -0.39 is 6.03 Å². The number of amides is 4. The lowest BCUT2D eigenvalue weighted by Crippen LogP contribution is -2.33. The molecule has 2 rings (SSSR count). The molecule has 0 spiro atoms. The fourth-order valence-electron chi connectivity index (χ4n) is 1.84. The maximum absolute atomic E-state index is 11.7. The zero-order chi connectivity index (χ0) is 14.5. The molecular formula is C13H16N4O3. The van der Waals surface area contributed by atoms with Crippen molar-refractivity contribution < 1.29 is 14.4 Å². The first-order valence-corrected chi connectivity index (χ1v) is 6.27. The second-order valence-electron chi connectivity index (χ2n) is 4.40. The number of hydrogen-bond acceptors (Lipinski definition) is 4. The molecule has 1 heterocycles. The smallest absolute Gasteiger partial charge is 0.324 e. The normalized spacial score (nSPS) is 14.3. The van der Waals surface area contributed by atoms with Crippen molar-refractivity contribution in [2.45, 2.75) is 13.0 Å². The maximum atomic E-state index is 11.7. The zero-order valence-corrected chi connectivity index (χ0v) is 10.9. The molecule has 20 heavy (non-hydrogen) atoms. The molecule has 7 heteroatoms. The summed E-state index contributed by atoms with van der Waals surface area (Å²) in [6, 6.07) is 6.72. The quantitative estimate of drug-likeness (QED) is 0.660. The van der Waals surface area contributed by atoms with Gasteiger partial charge in [0.05, 0.1) is 6.54 Å². The lowest BCUT2D eigenvalue weighted by atomic mass is 10.2. The molecule has 1 fully saturated rings. The highest BCUT2D eigenvalue weighted by atomic mass is 16.2. The van der Waals surface area contributed by atoms with Crippen LogP contribution < -0.4 is 16.4 Å². The van der Waals surface area contributed by atoms with Crippen LogP contribution in [0.1, 0.15) is 12.0 Å². The highest BCUT2D eigenvalue weighted by molar-refractivity contribution is 6.02. The van der Waals surface area contributed by atoms with Gasteiger partial charge in [-0.3, -0.25) is 14.5 Å². The highest BCUT2D eigenvalue weighted by Crippen LogP contribution is 2.10. The first-order chi connectivity index (χ1) is 9.60. The van der Waals surface area contributed by atoms with Crippen molar-refractivity contribution in [1.82, 2.24) is 10.2 Å². The topological polar surface area (TPSA) is 105 Å². The average Bonchev–Trinajstić information content (AvgIpc) is 2.77. The molecule has 0 saturated carbocycles. The third-order valence-corrected chi connectivity index (χ3v) is 2.97. The predicted octanol–water partition coefficient (Wildman–Crippen LogP) is 0.0257. The van der Waals surface area contributed by atoms with Gasteiger partial charge in [-0.25, -0.2) is 4.79 Å². The van der Waals surface area contributed by atoms with Gasteiger partial charge in [-0.2, -0.15) is 0 Å². The Kier molecular flexibility index (Phi) is 4.31. The summed E-state index contributed by atoms with van der Waals surface area (Å²) in [7, 11) is 0. The van der Waals surface area contributed by atoms with E-state index >= 15 is 0 Å². The van der Waals surface area contributed by atoms with Crippen molar-refractivity contribution in [2.75, 3.05) is 18.4 Å². The number of nitrogens with zero attached hydrogens (tertiary/aromatic N) is 1. The summed E-state index contributed by atoms with van der Waals surface area (Å²) in [5.41, 5.74) is 7.11. The van der Waals surface area contributed by atoms with Gasteiger partial charge in [0.1, 0.15) is 0 Å². The van der Waals surface area contributed by atoms with Crippen LogP contribution in [0.4, 0.5) is 10.5 Å². The average molecular weight is 276 g/mol. The maximum Gasteiger partial charge on any atom is 0.324 e. The van der Waals surface area contributed by atoms with Gasteiger partial charge < -0.3 is 16.4 Å². The van der Waals surface area contributed by atoms with Crippen molar-refractivity contribution >= 4 is 23.5 Å². The lowest BCUT2D eigenvalue weighted by molar-refractivity contribution is -0.125.